The van der Waals surface area contributed by atoms with E-state index in [1.807, 2.05) is 0 Å². The molecule has 0 aliphatic heterocycles. The number of nitrogens with zero attached hydrogens (tertiary/aromatic N) is 1. The van der Waals surface area contributed by atoms with Crippen molar-refractivity contribution in [3.8, 4) is 0 Å². The number of hydrogen-bond donors (Lipinski definition) is 1. The zero-order valence-corrected chi connectivity index (χ0v) is 11.2. The van der Waals surface area contributed by atoms with Crippen molar-refractivity contribution in [2.75, 3.05) is 13.6 Å². The van der Waals surface area contributed by atoms with Gasteiger partial charge in [-0.2, -0.15) is 0 Å². The van der Waals surface area contributed by atoms with Gasteiger partial charge in [-0.25, -0.2) is 0 Å². The highest BCUT2D eigenvalue weighted by Crippen LogP contribution is 2.26. The highest BCUT2D eigenvalue weighted by molar-refractivity contribution is 5.25. The fourth-order valence-electron chi connectivity index (χ4n) is 2.21. The fourth-order valence-corrected chi connectivity index (χ4v) is 2.21. The highest BCUT2D eigenvalue weighted by atomic mass is 15.2. The topological polar surface area (TPSA) is 15.3 Å². The molecular formula is C15H24N2. The van der Waals surface area contributed by atoms with Crippen LogP contribution in [0.5, 0.6) is 0 Å². The van der Waals surface area contributed by atoms with E-state index in [1.165, 1.54) is 24.0 Å². The summed E-state index contributed by atoms with van der Waals surface area (Å²) in [5.41, 5.74) is 2.79. The fraction of sp³-hybridized carbons (Fsp3) is 0.600. The molecule has 0 radical (unpaired) electrons. The smallest absolute Gasteiger partial charge is 0.0208 e. The third-order valence-electron chi connectivity index (χ3n) is 3.83. The monoisotopic (exact) mass is 232 g/mol. The van der Waals surface area contributed by atoms with Gasteiger partial charge in [-0.1, -0.05) is 24.3 Å². The summed E-state index contributed by atoms with van der Waals surface area (Å²) in [5, 5.41) is 3.56. The molecule has 94 valence electrons. The Hall–Kier alpha value is -0.860. The number of likely N-dealkylation sites (N-methyl/N-ethyl adjacent to an activating group) is 1. The summed E-state index contributed by atoms with van der Waals surface area (Å²) in [6.07, 6.45) is 2.78. The van der Waals surface area contributed by atoms with Crippen LogP contribution < -0.4 is 5.32 Å². The number of benzene rings is 1. The number of aryl methyl sites for hydroxylation is 1. The van der Waals surface area contributed by atoms with Crippen LogP contribution >= 0.6 is 0 Å². The molecule has 0 amide bonds. The average Bonchev–Trinajstić information content (AvgIpc) is 3.14. The van der Waals surface area contributed by atoms with E-state index in [9.17, 15) is 0 Å². The van der Waals surface area contributed by atoms with Gasteiger partial charge in [0, 0.05) is 25.2 Å². The number of nitrogens with one attached hydrogen (secondary N) is 1. The predicted molar refractivity (Wildman–Crippen MR) is 73.1 cm³/mol. The largest absolute Gasteiger partial charge is 0.311 e. The minimum Gasteiger partial charge on any atom is -0.311 e. The molecule has 0 aromatic heterocycles. The van der Waals surface area contributed by atoms with Gasteiger partial charge in [-0.3, -0.25) is 4.90 Å². The molecule has 2 nitrogen and oxygen atoms in total. The summed E-state index contributed by atoms with van der Waals surface area (Å²) in [4.78, 5) is 2.50. The van der Waals surface area contributed by atoms with E-state index in [0.717, 1.165) is 19.1 Å². The quantitative estimate of drug-likeness (QED) is 0.811. The van der Waals surface area contributed by atoms with E-state index in [4.69, 9.17) is 0 Å². The molecule has 17 heavy (non-hydrogen) atoms. The van der Waals surface area contributed by atoms with Gasteiger partial charge >= 0.3 is 0 Å². The Morgan fingerprint density at radius 3 is 2.71 bits per heavy atom. The molecule has 0 saturated heterocycles. The Morgan fingerprint density at radius 1 is 1.35 bits per heavy atom. The first kappa shape index (κ1) is 12.6. The summed E-state index contributed by atoms with van der Waals surface area (Å²) in [6, 6.07) is 10.1. The first-order chi connectivity index (χ1) is 8.18. The minimum atomic E-state index is 0.631. The third-order valence-corrected chi connectivity index (χ3v) is 3.83. The van der Waals surface area contributed by atoms with Crippen LogP contribution in [-0.4, -0.2) is 30.6 Å². The summed E-state index contributed by atoms with van der Waals surface area (Å²) < 4.78 is 0. The van der Waals surface area contributed by atoms with Crippen molar-refractivity contribution in [2.45, 2.75) is 45.3 Å². The Balaban J connectivity index is 1.73. The average molecular weight is 232 g/mol. The van der Waals surface area contributed by atoms with Crippen molar-refractivity contribution in [2.24, 2.45) is 0 Å². The van der Waals surface area contributed by atoms with Crippen LogP contribution in [0.1, 0.15) is 30.9 Å². The maximum atomic E-state index is 3.56. The number of hydrogen-bond acceptors (Lipinski definition) is 2. The van der Waals surface area contributed by atoms with Gasteiger partial charge in [-0.15, -0.1) is 0 Å². The summed E-state index contributed by atoms with van der Waals surface area (Å²) >= 11 is 0. The first-order valence-corrected chi connectivity index (χ1v) is 6.65. The van der Waals surface area contributed by atoms with Gasteiger partial charge < -0.3 is 5.32 Å². The van der Waals surface area contributed by atoms with Crippen LogP contribution in [0.4, 0.5) is 0 Å². The van der Waals surface area contributed by atoms with Crippen molar-refractivity contribution in [3.05, 3.63) is 35.4 Å². The van der Waals surface area contributed by atoms with Gasteiger partial charge in [0.15, 0.2) is 0 Å². The molecule has 1 fully saturated rings. The van der Waals surface area contributed by atoms with Gasteiger partial charge in [0.1, 0.15) is 0 Å². The lowest BCUT2D eigenvalue weighted by Crippen LogP contribution is -2.39. The SMILES string of the molecule is Cc1ccccc1CNCC(C)N(C)C1CC1. The second kappa shape index (κ2) is 5.65. The van der Waals surface area contributed by atoms with Crippen LogP contribution in [0.3, 0.4) is 0 Å². The Labute approximate surface area is 105 Å². The van der Waals surface area contributed by atoms with Crippen LogP contribution in [0, 0.1) is 6.92 Å². The second-order valence-corrected chi connectivity index (χ2v) is 5.30. The van der Waals surface area contributed by atoms with Crippen molar-refractivity contribution in [1.82, 2.24) is 10.2 Å². The second-order valence-electron chi connectivity index (χ2n) is 5.30. The van der Waals surface area contributed by atoms with E-state index < -0.39 is 0 Å². The third kappa shape index (κ3) is 3.55. The van der Waals surface area contributed by atoms with Crippen molar-refractivity contribution < 1.29 is 0 Å². The van der Waals surface area contributed by atoms with E-state index in [-0.39, 0.29) is 0 Å². The molecule has 1 aromatic carbocycles. The molecule has 0 spiro atoms. The van der Waals surface area contributed by atoms with Crippen LogP contribution in [0.25, 0.3) is 0 Å². The van der Waals surface area contributed by atoms with Crippen LogP contribution in [0.15, 0.2) is 24.3 Å². The summed E-state index contributed by atoms with van der Waals surface area (Å²) in [5.74, 6) is 0. The first-order valence-electron chi connectivity index (χ1n) is 6.65. The van der Waals surface area contributed by atoms with Gasteiger partial charge in [0.2, 0.25) is 0 Å². The lowest BCUT2D eigenvalue weighted by Gasteiger charge is -2.24. The Morgan fingerprint density at radius 2 is 2.06 bits per heavy atom. The molecule has 1 atom stereocenters. The van der Waals surface area contributed by atoms with Crippen molar-refractivity contribution >= 4 is 0 Å². The lowest BCUT2D eigenvalue weighted by atomic mass is 10.1. The molecular weight excluding hydrogens is 208 g/mol. The predicted octanol–water partition coefficient (Wildman–Crippen LogP) is 2.57. The molecule has 1 unspecified atom stereocenters. The molecule has 2 heteroatoms. The Kier molecular flexibility index (Phi) is 4.19. The molecule has 1 aliphatic carbocycles. The molecule has 1 saturated carbocycles. The molecule has 1 aliphatic rings. The summed E-state index contributed by atoms with van der Waals surface area (Å²) in [6.45, 7) is 6.54. The standard InChI is InChI=1S/C15H24N2/c1-12-6-4-5-7-14(12)11-16-10-13(2)17(3)15-8-9-15/h4-7,13,15-16H,8-11H2,1-3H3. The molecule has 0 bridgehead atoms. The van der Waals surface area contributed by atoms with Crippen LogP contribution in [0.2, 0.25) is 0 Å². The maximum absolute atomic E-state index is 3.56. The van der Waals surface area contributed by atoms with E-state index >= 15 is 0 Å². The van der Waals surface area contributed by atoms with Crippen molar-refractivity contribution in [3.63, 3.8) is 0 Å². The minimum absolute atomic E-state index is 0.631. The number of rotatable bonds is 6. The van der Waals surface area contributed by atoms with E-state index in [1.54, 1.807) is 0 Å². The van der Waals surface area contributed by atoms with E-state index in [0.29, 0.717) is 6.04 Å². The molecule has 1 aromatic rings. The summed E-state index contributed by atoms with van der Waals surface area (Å²) in [7, 11) is 2.25. The maximum Gasteiger partial charge on any atom is 0.0208 e. The highest BCUT2D eigenvalue weighted by Gasteiger charge is 2.28. The molecule has 1 N–H and O–H groups in total. The van der Waals surface area contributed by atoms with Gasteiger partial charge in [0.05, 0.1) is 0 Å². The normalized spacial score (nSPS) is 17.4. The molecule has 0 heterocycles. The zero-order valence-electron chi connectivity index (χ0n) is 11.2. The lowest BCUT2D eigenvalue weighted by molar-refractivity contribution is 0.241. The zero-order chi connectivity index (χ0) is 12.3. The molecule has 2 rings (SSSR count). The van der Waals surface area contributed by atoms with Gasteiger partial charge in [0.25, 0.3) is 0 Å². The van der Waals surface area contributed by atoms with Gasteiger partial charge in [-0.05, 0) is 44.9 Å². The Bertz CT molecular complexity index is 358. The van der Waals surface area contributed by atoms with Crippen molar-refractivity contribution in [1.29, 1.82) is 0 Å². The van der Waals surface area contributed by atoms with E-state index in [2.05, 4.69) is 55.4 Å². The van der Waals surface area contributed by atoms with Crippen LogP contribution in [-0.2, 0) is 6.54 Å².